The third-order valence-electron chi connectivity index (χ3n) is 2.30. The van der Waals surface area contributed by atoms with Gasteiger partial charge in [-0.25, -0.2) is 17.6 Å². The number of nitrogens with one attached hydrogen (secondary N) is 1. The quantitative estimate of drug-likeness (QED) is 0.679. The lowest BCUT2D eigenvalue weighted by atomic mass is 10.1. The molecule has 0 aliphatic rings. The highest BCUT2D eigenvalue weighted by molar-refractivity contribution is 5.21. The average molecular weight is 267 g/mol. The highest BCUT2D eigenvalue weighted by Crippen LogP contribution is 2.17. The van der Waals surface area contributed by atoms with Gasteiger partial charge in [0.1, 0.15) is 17.7 Å². The van der Waals surface area contributed by atoms with Gasteiger partial charge in [0, 0.05) is 24.7 Å². The Bertz CT molecular complexity index is 389. The highest BCUT2D eigenvalue weighted by Gasteiger charge is 2.18. The standard InChI is InChI=1S/C11H13F4NO2/c12-6-1-2-7(8(13)3-6)9(17)4-16-5-10(18)11(14)15/h1-3,9-11,16-18H,4-5H2. The molecule has 102 valence electrons. The fraction of sp³-hybridized carbons (Fsp3) is 0.455. The molecular formula is C11H13F4NO2. The molecule has 0 aliphatic heterocycles. The first kappa shape index (κ1) is 14.9. The van der Waals surface area contributed by atoms with Gasteiger partial charge in [0.15, 0.2) is 0 Å². The lowest BCUT2D eigenvalue weighted by Crippen LogP contribution is -2.34. The second kappa shape index (κ2) is 6.67. The van der Waals surface area contributed by atoms with E-state index in [-0.39, 0.29) is 12.1 Å². The summed E-state index contributed by atoms with van der Waals surface area (Å²) in [5.41, 5.74) is -0.143. The Hall–Kier alpha value is -1.18. The van der Waals surface area contributed by atoms with Gasteiger partial charge in [-0.3, -0.25) is 0 Å². The van der Waals surface area contributed by atoms with Crippen LogP contribution in [0.15, 0.2) is 18.2 Å². The van der Waals surface area contributed by atoms with Gasteiger partial charge in [-0.15, -0.1) is 0 Å². The first-order chi connectivity index (χ1) is 8.41. The zero-order valence-electron chi connectivity index (χ0n) is 9.28. The second-order valence-electron chi connectivity index (χ2n) is 3.74. The largest absolute Gasteiger partial charge is 0.387 e. The Balaban J connectivity index is 2.48. The SMILES string of the molecule is OC(CNCC(O)C(F)F)c1ccc(F)cc1F. The summed E-state index contributed by atoms with van der Waals surface area (Å²) in [4.78, 5) is 0. The monoisotopic (exact) mass is 267 g/mol. The Morgan fingerprint density at radius 2 is 1.78 bits per heavy atom. The molecule has 7 heteroatoms. The summed E-state index contributed by atoms with van der Waals surface area (Å²) in [6.07, 6.45) is -6.05. The number of rotatable bonds is 6. The van der Waals surface area contributed by atoms with Crippen LogP contribution in [0.4, 0.5) is 17.6 Å². The molecule has 1 aromatic carbocycles. The van der Waals surface area contributed by atoms with Crippen LogP contribution in [-0.2, 0) is 0 Å². The Kier molecular flexibility index (Phi) is 5.52. The van der Waals surface area contributed by atoms with Crippen molar-refractivity contribution in [1.29, 1.82) is 0 Å². The molecule has 0 saturated carbocycles. The predicted molar refractivity (Wildman–Crippen MR) is 56.2 cm³/mol. The number of halogens is 4. The topological polar surface area (TPSA) is 52.5 Å². The van der Waals surface area contributed by atoms with Gasteiger partial charge in [0.05, 0.1) is 6.10 Å². The molecule has 3 N–H and O–H groups in total. The molecule has 0 amide bonds. The van der Waals surface area contributed by atoms with Crippen LogP contribution in [0.1, 0.15) is 11.7 Å². The van der Waals surface area contributed by atoms with E-state index >= 15 is 0 Å². The Labute approximate surface area is 101 Å². The molecule has 0 spiro atoms. The van der Waals surface area contributed by atoms with E-state index in [9.17, 15) is 22.7 Å². The summed E-state index contributed by atoms with van der Waals surface area (Å²) in [6.45, 7) is -0.663. The van der Waals surface area contributed by atoms with Gasteiger partial charge < -0.3 is 15.5 Å². The fourth-order valence-electron chi connectivity index (χ4n) is 1.34. The number of alkyl halides is 2. The summed E-state index contributed by atoms with van der Waals surface area (Å²) in [5.74, 6) is -1.69. The van der Waals surface area contributed by atoms with Crippen molar-refractivity contribution in [1.82, 2.24) is 5.32 Å². The fourth-order valence-corrected chi connectivity index (χ4v) is 1.34. The lowest BCUT2D eigenvalue weighted by Gasteiger charge is -2.15. The van der Waals surface area contributed by atoms with Gasteiger partial charge in [0.2, 0.25) is 0 Å². The van der Waals surface area contributed by atoms with Gasteiger partial charge in [0.25, 0.3) is 6.43 Å². The summed E-state index contributed by atoms with van der Waals surface area (Å²) < 4.78 is 49.7. The van der Waals surface area contributed by atoms with Crippen LogP contribution in [0.3, 0.4) is 0 Å². The third-order valence-corrected chi connectivity index (χ3v) is 2.30. The molecule has 0 heterocycles. The van der Waals surface area contributed by atoms with E-state index in [2.05, 4.69) is 5.32 Å². The van der Waals surface area contributed by atoms with Crippen molar-refractivity contribution in [2.45, 2.75) is 18.6 Å². The normalized spacial score (nSPS) is 14.8. The maximum absolute atomic E-state index is 13.2. The van der Waals surface area contributed by atoms with Crippen LogP contribution >= 0.6 is 0 Å². The van der Waals surface area contributed by atoms with Crippen molar-refractivity contribution < 1.29 is 27.8 Å². The van der Waals surface area contributed by atoms with Crippen LogP contribution in [0.5, 0.6) is 0 Å². The average Bonchev–Trinajstić information content (AvgIpc) is 2.28. The smallest absolute Gasteiger partial charge is 0.265 e. The predicted octanol–water partition coefficient (Wildman–Crippen LogP) is 1.21. The minimum absolute atomic E-state index is 0.143. The molecule has 1 rings (SSSR count). The van der Waals surface area contributed by atoms with Crippen molar-refractivity contribution in [2.75, 3.05) is 13.1 Å². The van der Waals surface area contributed by atoms with E-state index in [1.54, 1.807) is 0 Å². The van der Waals surface area contributed by atoms with Gasteiger partial charge in [-0.05, 0) is 6.07 Å². The summed E-state index contributed by atoms with van der Waals surface area (Å²) in [5, 5.41) is 20.7. The van der Waals surface area contributed by atoms with Crippen LogP contribution in [0.2, 0.25) is 0 Å². The van der Waals surface area contributed by atoms with E-state index in [0.29, 0.717) is 6.07 Å². The lowest BCUT2D eigenvalue weighted by molar-refractivity contribution is -0.00467. The molecule has 2 atom stereocenters. The molecule has 18 heavy (non-hydrogen) atoms. The first-order valence-electron chi connectivity index (χ1n) is 5.21. The summed E-state index contributed by atoms with van der Waals surface area (Å²) in [7, 11) is 0. The zero-order valence-corrected chi connectivity index (χ0v) is 9.28. The molecule has 0 bridgehead atoms. The minimum Gasteiger partial charge on any atom is -0.387 e. The summed E-state index contributed by atoms with van der Waals surface area (Å²) >= 11 is 0. The molecule has 0 aliphatic carbocycles. The van der Waals surface area contributed by atoms with E-state index < -0.39 is 36.8 Å². The third kappa shape index (κ3) is 4.25. The van der Waals surface area contributed by atoms with Crippen molar-refractivity contribution in [3.05, 3.63) is 35.4 Å². The number of aliphatic hydroxyl groups excluding tert-OH is 2. The molecule has 0 radical (unpaired) electrons. The van der Waals surface area contributed by atoms with Gasteiger partial charge in [-0.1, -0.05) is 6.07 Å². The first-order valence-corrected chi connectivity index (χ1v) is 5.21. The van der Waals surface area contributed by atoms with Crippen molar-refractivity contribution >= 4 is 0 Å². The number of aliphatic hydroxyl groups is 2. The van der Waals surface area contributed by atoms with Crippen LogP contribution in [-0.4, -0.2) is 35.8 Å². The molecule has 2 unspecified atom stereocenters. The van der Waals surface area contributed by atoms with E-state index in [4.69, 9.17) is 5.11 Å². The highest BCUT2D eigenvalue weighted by atomic mass is 19.3. The van der Waals surface area contributed by atoms with Crippen LogP contribution < -0.4 is 5.32 Å². The summed E-state index contributed by atoms with van der Waals surface area (Å²) in [6, 6.07) is 2.67. The maximum Gasteiger partial charge on any atom is 0.265 e. The zero-order chi connectivity index (χ0) is 13.7. The molecule has 0 aromatic heterocycles. The molecule has 0 fully saturated rings. The minimum atomic E-state index is -2.89. The number of benzene rings is 1. The molecular weight excluding hydrogens is 254 g/mol. The molecule has 1 aromatic rings. The maximum atomic E-state index is 13.2. The second-order valence-corrected chi connectivity index (χ2v) is 3.74. The molecule has 0 saturated heterocycles. The van der Waals surface area contributed by atoms with E-state index in [0.717, 1.165) is 12.1 Å². The molecule has 3 nitrogen and oxygen atoms in total. The van der Waals surface area contributed by atoms with Crippen molar-refractivity contribution in [3.63, 3.8) is 0 Å². The van der Waals surface area contributed by atoms with E-state index in [1.807, 2.05) is 0 Å². The number of hydrogen-bond donors (Lipinski definition) is 3. The van der Waals surface area contributed by atoms with Crippen molar-refractivity contribution in [3.8, 4) is 0 Å². The van der Waals surface area contributed by atoms with Crippen molar-refractivity contribution in [2.24, 2.45) is 0 Å². The van der Waals surface area contributed by atoms with Crippen LogP contribution in [0.25, 0.3) is 0 Å². The Morgan fingerprint density at radius 3 is 2.33 bits per heavy atom. The Morgan fingerprint density at radius 1 is 1.11 bits per heavy atom. The van der Waals surface area contributed by atoms with Crippen LogP contribution in [0, 0.1) is 11.6 Å². The van der Waals surface area contributed by atoms with Gasteiger partial charge in [-0.2, -0.15) is 0 Å². The van der Waals surface area contributed by atoms with Gasteiger partial charge >= 0.3 is 0 Å². The number of hydrogen-bond acceptors (Lipinski definition) is 3. The van der Waals surface area contributed by atoms with E-state index in [1.165, 1.54) is 0 Å².